The Kier molecular flexibility index (Phi) is 6.75. The Morgan fingerprint density at radius 3 is 2.45 bits per heavy atom. The lowest BCUT2D eigenvalue weighted by molar-refractivity contribution is -0.141. The van der Waals surface area contributed by atoms with Gasteiger partial charge in [0, 0.05) is 24.3 Å². The molecule has 0 spiro atoms. The van der Waals surface area contributed by atoms with E-state index in [0.717, 1.165) is 11.8 Å². The number of thioether (sulfide) groups is 1. The number of rotatable bonds is 7. The lowest BCUT2D eigenvalue weighted by atomic mass is 10.2. The highest BCUT2D eigenvalue weighted by molar-refractivity contribution is 8.14. The Hall–Kier alpha value is -1.86. The van der Waals surface area contributed by atoms with Crippen molar-refractivity contribution in [2.75, 3.05) is 12.3 Å². The number of hydrogen-bond donors (Lipinski definition) is 3. The molecule has 4 N–H and O–H groups in total. The number of nitrogens with two attached hydrogens (primary N) is 1. The largest absolute Gasteiger partial charge is 0.480 e. The van der Waals surface area contributed by atoms with Crippen LogP contribution in [0.15, 0.2) is 30.3 Å². The highest BCUT2D eigenvalue weighted by Gasteiger charge is 2.21. The first-order valence-corrected chi connectivity index (χ1v) is 6.97. The zero-order valence-electron chi connectivity index (χ0n) is 10.7. The molecule has 1 aromatic carbocycles. The molecule has 0 aromatic heterocycles. The van der Waals surface area contributed by atoms with E-state index in [1.165, 1.54) is 0 Å². The van der Waals surface area contributed by atoms with Crippen molar-refractivity contribution >= 4 is 28.8 Å². The Morgan fingerprint density at radius 2 is 1.90 bits per heavy atom. The van der Waals surface area contributed by atoms with Crippen LogP contribution >= 0.6 is 11.8 Å². The average molecular weight is 296 g/mol. The quantitative estimate of drug-likeness (QED) is 0.675. The van der Waals surface area contributed by atoms with Gasteiger partial charge in [-0.05, 0) is 0 Å². The smallest absolute Gasteiger partial charge is 0.327 e. The van der Waals surface area contributed by atoms with Crippen LogP contribution in [0.4, 0.5) is 0 Å². The molecular formula is C13H16N2O4S. The fourth-order valence-electron chi connectivity index (χ4n) is 1.39. The molecule has 0 aliphatic carbocycles. The normalized spacial score (nSPS) is 11.7. The van der Waals surface area contributed by atoms with Gasteiger partial charge in [-0.3, -0.25) is 9.59 Å². The van der Waals surface area contributed by atoms with Crippen LogP contribution in [0.25, 0.3) is 0 Å². The summed E-state index contributed by atoms with van der Waals surface area (Å²) in [6, 6.07) is 7.44. The Labute approximate surface area is 120 Å². The number of carbonyl (C=O) groups excluding carboxylic acids is 2. The first-order chi connectivity index (χ1) is 9.54. The molecule has 1 rings (SSSR count). The van der Waals surface area contributed by atoms with E-state index < -0.39 is 17.9 Å². The number of nitrogens with one attached hydrogen (secondary N) is 1. The van der Waals surface area contributed by atoms with E-state index in [9.17, 15) is 14.4 Å². The van der Waals surface area contributed by atoms with Gasteiger partial charge in [0.15, 0.2) is 0 Å². The van der Waals surface area contributed by atoms with Gasteiger partial charge in [-0.2, -0.15) is 0 Å². The summed E-state index contributed by atoms with van der Waals surface area (Å²) in [5.74, 6) is -1.64. The molecule has 108 valence electrons. The van der Waals surface area contributed by atoms with Gasteiger partial charge < -0.3 is 16.2 Å². The fourth-order valence-corrected chi connectivity index (χ4v) is 2.24. The van der Waals surface area contributed by atoms with Crippen LogP contribution in [0.2, 0.25) is 0 Å². The summed E-state index contributed by atoms with van der Waals surface area (Å²) in [4.78, 5) is 34.2. The van der Waals surface area contributed by atoms with E-state index in [0.29, 0.717) is 5.56 Å². The predicted molar refractivity (Wildman–Crippen MR) is 76.5 cm³/mol. The fraction of sp³-hybridized carbons (Fsp3) is 0.308. The summed E-state index contributed by atoms with van der Waals surface area (Å²) in [5.41, 5.74) is 5.71. The molecule has 0 radical (unpaired) electrons. The minimum atomic E-state index is -1.18. The molecule has 1 aromatic rings. The van der Waals surface area contributed by atoms with Crippen molar-refractivity contribution in [2.24, 2.45) is 5.73 Å². The van der Waals surface area contributed by atoms with Gasteiger partial charge in [-0.25, -0.2) is 4.79 Å². The van der Waals surface area contributed by atoms with Gasteiger partial charge in [0.25, 0.3) is 0 Å². The molecule has 0 saturated heterocycles. The maximum atomic E-state index is 11.8. The van der Waals surface area contributed by atoms with E-state index >= 15 is 0 Å². The van der Waals surface area contributed by atoms with Gasteiger partial charge in [0.1, 0.15) is 6.04 Å². The van der Waals surface area contributed by atoms with Crippen LogP contribution < -0.4 is 11.1 Å². The number of amides is 1. The zero-order valence-corrected chi connectivity index (χ0v) is 11.6. The first-order valence-electron chi connectivity index (χ1n) is 5.99. The molecule has 1 amide bonds. The van der Waals surface area contributed by atoms with Gasteiger partial charge in [-0.15, -0.1) is 0 Å². The van der Waals surface area contributed by atoms with E-state index in [2.05, 4.69) is 5.32 Å². The summed E-state index contributed by atoms with van der Waals surface area (Å²) in [6.07, 6.45) is 0.0566. The van der Waals surface area contributed by atoms with Crippen molar-refractivity contribution in [3.05, 3.63) is 35.9 Å². The lowest BCUT2D eigenvalue weighted by Crippen LogP contribution is -2.43. The van der Waals surface area contributed by atoms with E-state index in [4.69, 9.17) is 10.8 Å². The van der Waals surface area contributed by atoms with Gasteiger partial charge >= 0.3 is 5.97 Å². The van der Waals surface area contributed by atoms with Crippen LogP contribution in [0.5, 0.6) is 0 Å². The summed E-state index contributed by atoms with van der Waals surface area (Å²) < 4.78 is 0. The van der Waals surface area contributed by atoms with Gasteiger partial charge in [0.05, 0.1) is 0 Å². The second kappa shape index (κ2) is 8.34. The molecule has 0 saturated carbocycles. The van der Waals surface area contributed by atoms with E-state index in [-0.39, 0.29) is 23.8 Å². The first kappa shape index (κ1) is 16.2. The highest BCUT2D eigenvalue weighted by atomic mass is 32.2. The minimum absolute atomic E-state index is 0.0284. The van der Waals surface area contributed by atoms with Gasteiger partial charge in [-0.1, -0.05) is 42.1 Å². The number of hydrogen-bond acceptors (Lipinski definition) is 5. The van der Waals surface area contributed by atoms with E-state index in [1.54, 1.807) is 30.3 Å². The Bertz CT molecular complexity index is 479. The molecule has 0 fully saturated rings. The summed E-state index contributed by atoms with van der Waals surface area (Å²) >= 11 is 0.860. The Balaban J connectivity index is 2.53. The monoisotopic (exact) mass is 296 g/mol. The van der Waals surface area contributed by atoms with Gasteiger partial charge in [0.2, 0.25) is 11.0 Å². The SMILES string of the molecule is NCCC(=O)N[C@@H](CSC(=O)c1ccccc1)C(=O)O. The summed E-state index contributed by atoms with van der Waals surface area (Å²) in [7, 11) is 0. The number of carboxylic acid groups (broad SMARTS) is 1. The maximum Gasteiger partial charge on any atom is 0.327 e. The number of aliphatic carboxylic acids is 1. The third-order valence-electron chi connectivity index (χ3n) is 2.40. The molecule has 20 heavy (non-hydrogen) atoms. The summed E-state index contributed by atoms with van der Waals surface area (Å²) in [6.45, 7) is 0.147. The minimum Gasteiger partial charge on any atom is -0.480 e. The van der Waals surface area contributed by atoms with Crippen molar-refractivity contribution in [2.45, 2.75) is 12.5 Å². The van der Waals surface area contributed by atoms with Crippen molar-refractivity contribution in [3.63, 3.8) is 0 Å². The lowest BCUT2D eigenvalue weighted by Gasteiger charge is -2.13. The third-order valence-corrected chi connectivity index (χ3v) is 3.39. The topological polar surface area (TPSA) is 109 Å². The maximum absolute atomic E-state index is 11.8. The third kappa shape index (κ3) is 5.41. The molecular weight excluding hydrogens is 280 g/mol. The molecule has 0 bridgehead atoms. The predicted octanol–water partition coefficient (Wildman–Crippen LogP) is 0.478. The van der Waals surface area contributed by atoms with Crippen LogP contribution in [-0.2, 0) is 9.59 Å². The van der Waals surface area contributed by atoms with Crippen molar-refractivity contribution in [1.82, 2.24) is 5.32 Å². The Morgan fingerprint density at radius 1 is 1.25 bits per heavy atom. The van der Waals surface area contributed by atoms with Crippen molar-refractivity contribution in [3.8, 4) is 0 Å². The van der Waals surface area contributed by atoms with Crippen LogP contribution in [-0.4, -0.2) is 40.4 Å². The van der Waals surface area contributed by atoms with Crippen LogP contribution in [0.3, 0.4) is 0 Å². The van der Waals surface area contributed by atoms with Crippen molar-refractivity contribution < 1.29 is 19.5 Å². The molecule has 0 aliphatic rings. The highest BCUT2D eigenvalue weighted by Crippen LogP contribution is 2.13. The standard InChI is InChI=1S/C13H16N2O4S/c14-7-6-11(16)15-10(12(17)18)8-20-13(19)9-4-2-1-3-5-9/h1-5,10H,6-8,14H2,(H,15,16)(H,17,18)/t10-/m0/s1. The second-order valence-electron chi connectivity index (χ2n) is 3.96. The van der Waals surface area contributed by atoms with Crippen LogP contribution in [0, 0.1) is 0 Å². The van der Waals surface area contributed by atoms with Crippen LogP contribution in [0.1, 0.15) is 16.8 Å². The number of carboxylic acids is 1. The van der Waals surface area contributed by atoms with E-state index in [1.807, 2.05) is 0 Å². The summed E-state index contributed by atoms with van der Waals surface area (Å²) in [5, 5.41) is 11.1. The molecule has 0 heterocycles. The molecule has 6 nitrogen and oxygen atoms in total. The van der Waals surface area contributed by atoms with Crippen molar-refractivity contribution in [1.29, 1.82) is 0 Å². The molecule has 0 aliphatic heterocycles. The second-order valence-corrected chi connectivity index (χ2v) is 4.95. The molecule has 7 heteroatoms. The molecule has 0 unspecified atom stereocenters. The zero-order chi connectivity index (χ0) is 15.0. The molecule has 1 atom stereocenters. The number of carbonyl (C=O) groups is 3. The number of benzene rings is 1. The average Bonchev–Trinajstić information content (AvgIpc) is 2.44.